The van der Waals surface area contributed by atoms with Gasteiger partial charge in [-0.2, -0.15) is 0 Å². The molecule has 0 saturated carbocycles. The summed E-state index contributed by atoms with van der Waals surface area (Å²) in [5.74, 6) is 1.18. The Balaban J connectivity index is 1.42. The lowest BCUT2D eigenvalue weighted by Gasteiger charge is -2.24. The molecule has 4 aromatic carbocycles. The summed E-state index contributed by atoms with van der Waals surface area (Å²) in [4.78, 5) is 22.7. The van der Waals surface area contributed by atoms with Gasteiger partial charge in [0, 0.05) is 31.1 Å². The molecule has 0 fully saturated rings. The minimum Gasteiger partial charge on any atom is -0.384 e. The minimum absolute atomic E-state index is 0.0772. The van der Waals surface area contributed by atoms with E-state index in [1.54, 1.807) is 0 Å². The van der Waals surface area contributed by atoms with E-state index in [0.717, 1.165) is 59.5 Å². The van der Waals surface area contributed by atoms with Crippen molar-refractivity contribution in [3.63, 3.8) is 0 Å². The van der Waals surface area contributed by atoms with E-state index in [0.29, 0.717) is 13.0 Å². The average molecular weight is 547 g/mol. The van der Waals surface area contributed by atoms with Crippen LogP contribution in [0.3, 0.4) is 0 Å². The summed E-state index contributed by atoms with van der Waals surface area (Å²) in [6.45, 7) is 1.37. The Labute approximate surface area is 241 Å². The number of nitrogens with one attached hydrogen (secondary N) is 1. The van der Waals surface area contributed by atoms with Gasteiger partial charge in [-0.3, -0.25) is 10.2 Å². The third-order valence-corrected chi connectivity index (χ3v) is 7.68. The number of amidine groups is 1. The first-order valence-corrected chi connectivity index (χ1v) is 14.1. The standard InChI is InChI=1S/C34H38N6O/c1-38(2)21-7-12-33(41)40(23-27-10-6-9-25-8-4-5-11-29(25)27)28-18-19-31-30(22-28)37-32(39(31)3)20-15-24-13-16-26(17-14-24)34(35)36/h4-6,8-11,13-14,16-19,22H,7,12,15,20-21,23H2,1-3H3,(H3,35,36). The Kier molecular flexibility index (Phi) is 8.45. The first-order chi connectivity index (χ1) is 19.8. The summed E-state index contributed by atoms with van der Waals surface area (Å²) >= 11 is 0. The third kappa shape index (κ3) is 6.47. The molecule has 210 valence electrons. The first kappa shape index (κ1) is 28.1. The molecule has 0 spiro atoms. The van der Waals surface area contributed by atoms with Gasteiger partial charge >= 0.3 is 0 Å². The molecule has 1 amide bonds. The van der Waals surface area contributed by atoms with Crippen molar-refractivity contribution in [2.75, 3.05) is 25.5 Å². The van der Waals surface area contributed by atoms with Gasteiger partial charge in [0.05, 0.1) is 17.6 Å². The Morgan fingerprint density at radius 1 is 0.951 bits per heavy atom. The number of anilines is 1. The molecule has 0 saturated heterocycles. The zero-order chi connectivity index (χ0) is 28.9. The van der Waals surface area contributed by atoms with Gasteiger partial charge in [-0.15, -0.1) is 0 Å². The van der Waals surface area contributed by atoms with Crippen molar-refractivity contribution < 1.29 is 4.79 Å². The fourth-order valence-electron chi connectivity index (χ4n) is 5.34. The summed E-state index contributed by atoms with van der Waals surface area (Å²) in [5, 5.41) is 9.93. The van der Waals surface area contributed by atoms with E-state index >= 15 is 0 Å². The maximum atomic E-state index is 13.7. The molecule has 7 heteroatoms. The zero-order valence-electron chi connectivity index (χ0n) is 24.1. The Morgan fingerprint density at radius 3 is 2.46 bits per heavy atom. The number of aryl methyl sites for hydroxylation is 3. The van der Waals surface area contributed by atoms with Gasteiger partial charge in [0.15, 0.2) is 0 Å². The lowest BCUT2D eigenvalue weighted by molar-refractivity contribution is -0.118. The number of carbonyl (C=O) groups is 1. The molecule has 0 atom stereocenters. The van der Waals surface area contributed by atoms with Gasteiger partial charge in [0.2, 0.25) is 5.91 Å². The molecule has 0 bridgehead atoms. The normalized spacial score (nSPS) is 11.4. The van der Waals surface area contributed by atoms with Crippen molar-refractivity contribution >= 4 is 39.2 Å². The van der Waals surface area contributed by atoms with Gasteiger partial charge in [-0.1, -0.05) is 66.7 Å². The van der Waals surface area contributed by atoms with E-state index in [2.05, 4.69) is 51.9 Å². The highest BCUT2D eigenvalue weighted by Gasteiger charge is 2.19. The molecule has 5 rings (SSSR count). The number of nitrogen functional groups attached to an aromatic ring is 1. The molecule has 1 heterocycles. The van der Waals surface area contributed by atoms with Crippen molar-refractivity contribution in [2.45, 2.75) is 32.2 Å². The molecular weight excluding hydrogens is 508 g/mol. The highest BCUT2D eigenvalue weighted by Crippen LogP contribution is 2.28. The molecule has 1 aromatic heterocycles. The lowest BCUT2D eigenvalue weighted by Crippen LogP contribution is -2.31. The van der Waals surface area contributed by atoms with Gasteiger partial charge < -0.3 is 20.1 Å². The Bertz CT molecular complexity index is 1680. The second kappa shape index (κ2) is 12.4. The molecule has 0 unspecified atom stereocenters. The summed E-state index contributed by atoms with van der Waals surface area (Å²) in [6.07, 6.45) is 2.90. The Morgan fingerprint density at radius 2 is 1.71 bits per heavy atom. The fourth-order valence-corrected chi connectivity index (χ4v) is 5.34. The first-order valence-electron chi connectivity index (χ1n) is 14.1. The van der Waals surface area contributed by atoms with Crippen molar-refractivity contribution in [3.05, 3.63) is 107 Å². The SMILES string of the molecule is CN(C)CCCC(=O)N(Cc1cccc2ccccc12)c1ccc2c(c1)nc(CCc1ccc(C(=N)N)cc1)n2C. The molecule has 0 radical (unpaired) electrons. The topological polar surface area (TPSA) is 91.2 Å². The minimum atomic E-state index is 0.0772. The molecular formula is C34H38N6O. The maximum absolute atomic E-state index is 13.7. The van der Waals surface area contributed by atoms with Gasteiger partial charge in [0.1, 0.15) is 11.7 Å². The number of carbonyl (C=O) groups excluding carboxylic acids is 1. The molecule has 3 N–H and O–H groups in total. The average Bonchev–Trinajstić information content (AvgIpc) is 3.29. The van der Waals surface area contributed by atoms with Crippen LogP contribution in [-0.2, 0) is 31.2 Å². The van der Waals surface area contributed by atoms with E-state index < -0.39 is 0 Å². The van der Waals surface area contributed by atoms with E-state index in [1.807, 2.05) is 68.5 Å². The largest absolute Gasteiger partial charge is 0.384 e. The number of fused-ring (bicyclic) bond motifs is 2. The maximum Gasteiger partial charge on any atom is 0.227 e. The van der Waals surface area contributed by atoms with Crippen LogP contribution >= 0.6 is 0 Å². The molecule has 0 aliphatic rings. The summed E-state index contributed by atoms with van der Waals surface area (Å²) < 4.78 is 2.14. The molecule has 0 aliphatic heterocycles. The van der Waals surface area contributed by atoms with Crippen LogP contribution < -0.4 is 10.6 Å². The van der Waals surface area contributed by atoms with Gasteiger partial charge in [0.25, 0.3) is 0 Å². The smallest absolute Gasteiger partial charge is 0.227 e. The number of benzene rings is 4. The second-order valence-corrected chi connectivity index (χ2v) is 10.9. The van der Waals surface area contributed by atoms with Gasteiger partial charge in [-0.05, 0) is 73.6 Å². The highest BCUT2D eigenvalue weighted by atomic mass is 16.2. The molecule has 5 aromatic rings. The van der Waals surface area contributed by atoms with Crippen molar-refractivity contribution in [3.8, 4) is 0 Å². The zero-order valence-corrected chi connectivity index (χ0v) is 24.1. The van der Waals surface area contributed by atoms with Crippen LogP contribution in [0, 0.1) is 5.41 Å². The Hall–Kier alpha value is -4.49. The van der Waals surface area contributed by atoms with Crippen LogP contribution in [-0.4, -0.2) is 46.8 Å². The van der Waals surface area contributed by atoms with Crippen LogP contribution in [0.4, 0.5) is 5.69 Å². The highest BCUT2D eigenvalue weighted by molar-refractivity contribution is 5.96. The van der Waals surface area contributed by atoms with E-state index in [-0.39, 0.29) is 11.7 Å². The lowest BCUT2D eigenvalue weighted by atomic mass is 10.0. The van der Waals surface area contributed by atoms with Crippen molar-refractivity contribution in [2.24, 2.45) is 12.8 Å². The molecule has 0 aliphatic carbocycles. The number of amides is 1. The molecule has 41 heavy (non-hydrogen) atoms. The summed E-state index contributed by atoms with van der Waals surface area (Å²) in [7, 11) is 6.11. The van der Waals surface area contributed by atoms with Crippen molar-refractivity contribution in [1.29, 1.82) is 5.41 Å². The number of hydrogen-bond donors (Lipinski definition) is 2. The monoisotopic (exact) mass is 546 g/mol. The van der Waals surface area contributed by atoms with Crippen LogP contribution in [0.5, 0.6) is 0 Å². The number of hydrogen-bond acceptors (Lipinski definition) is 4. The van der Waals surface area contributed by atoms with Crippen LogP contribution in [0.25, 0.3) is 21.8 Å². The number of nitrogens with two attached hydrogens (primary N) is 1. The van der Waals surface area contributed by atoms with Crippen LogP contribution in [0.2, 0.25) is 0 Å². The molecule has 7 nitrogen and oxygen atoms in total. The second-order valence-electron chi connectivity index (χ2n) is 10.9. The number of imidazole rings is 1. The predicted octanol–water partition coefficient (Wildman–Crippen LogP) is 5.67. The third-order valence-electron chi connectivity index (χ3n) is 7.68. The van der Waals surface area contributed by atoms with Gasteiger partial charge in [-0.25, -0.2) is 4.98 Å². The summed E-state index contributed by atoms with van der Waals surface area (Å²) in [6, 6.07) is 28.6. The van der Waals surface area contributed by atoms with Crippen molar-refractivity contribution in [1.82, 2.24) is 14.5 Å². The van der Waals surface area contributed by atoms with E-state index in [9.17, 15) is 4.79 Å². The van der Waals surface area contributed by atoms with Crippen LogP contribution in [0.15, 0.2) is 84.9 Å². The number of aromatic nitrogens is 2. The van der Waals surface area contributed by atoms with E-state index in [4.69, 9.17) is 16.1 Å². The quantitative estimate of drug-likeness (QED) is 0.165. The predicted molar refractivity (Wildman–Crippen MR) is 169 cm³/mol. The van der Waals surface area contributed by atoms with Crippen LogP contribution in [0.1, 0.15) is 35.4 Å². The summed E-state index contributed by atoms with van der Waals surface area (Å²) in [5.41, 5.74) is 11.4. The number of rotatable bonds is 11. The van der Waals surface area contributed by atoms with E-state index in [1.165, 1.54) is 16.3 Å². The fraction of sp³-hybridized carbons (Fsp3) is 0.265. The number of nitrogens with zero attached hydrogens (tertiary/aromatic N) is 4.